The molecule has 2 aliphatic rings. The molecule has 0 saturated carbocycles. The second kappa shape index (κ2) is 11.5. The average Bonchev–Trinajstić information content (AvgIpc) is 3.56. The van der Waals surface area contributed by atoms with Gasteiger partial charge in [-0.05, 0) is 49.2 Å². The number of hydrogen-bond donors (Lipinski definition) is 1. The van der Waals surface area contributed by atoms with E-state index in [4.69, 9.17) is 4.74 Å². The van der Waals surface area contributed by atoms with Crippen LogP contribution in [0.3, 0.4) is 0 Å². The molecule has 5 rings (SSSR count). The lowest BCUT2D eigenvalue weighted by Gasteiger charge is -2.31. The van der Waals surface area contributed by atoms with E-state index in [-0.39, 0.29) is 23.5 Å². The molecule has 10 nitrogen and oxygen atoms in total. The summed E-state index contributed by atoms with van der Waals surface area (Å²) in [5.74, 6) is 0.959. The van der Waals surface area contributed by atoms with Gasteiger partial charge < -0.3 is 14.8 Å². The number of benzene rings is 2. The van der Waals surface area contributed by atoms with Gasteiger partial charge in [0.05, 0.1) is 36.5 Å². The van der Waals surface area contributed by atoms with Crippen molar-refractivity contribution in [2.45, 2.75) is 26.3 Å². The molecule has 1 aromatic heterocycles. The van der Waals surface area contributed by atoms with E-state index in [0.29, 0.717) is 22.6 Å². The highest BCUT2D eigenvalue weighted by molar-refractivity contribution is 8.15. The van der Waals surface area contributed by atoms with Gasteiger partial charge in [-0.25, -0.2) is 9.67 Å². The van der Waals surface area contributed by atoms with Crippen molar-refractivity contribution < 1.29 is 27.4 Å². The third-order valence-electron chi connectivity index (χ3n) is 6.09. The minimum Gasteiger partial charge on any atom is -0.482 e. The first-order valence-corrected chi connectivity index (χ1v) is 13.3. The molecule has 2 aliphatic heterocycles. The van der Waals surface area contributed by atoms with Crippen LogP contribution in [0.1, 0.15) is 19.4 Å². The molecule has 41 heavy (non-hydrogen) atoms. The zero-order valence-corrected chi connectivity index (χ0v) is 22.9. The molecule has 14 heteroatoms. The summed E-state index contributed by atoms with van der Waals surface area (Å²) in [4.78, 5) is 18.6. The summed E-state index contributed by atoms with van der Waals surface area (Å²) in [6, 6.07) is 12.5. The third-order valence-corrected chi connectivity index (χ3v) is 7.01. The number of dihydropyridines is 1. The number of amides is 1. The van der Waals surface area contributed by atoms with E-state index in [0.717, 1.165) is 22.4 Å². The average molecular weight is 584 g/mol. The highest BCUT2D eigenvalue weighted by atomic mass is 32.2. The molecule has 212 valence electrons. The Kier molecular flexibility index (Phi) is 7.83. The maximum Gasteiger partial charge on any atom is 0.573 e. The van der Waals surface area contributed by atoms with E-state index in [9.17, 15) is 18.0 Å². The Bertz CT molecular complexity index is 1560. The van der Waals surface area contributed by atoms with Crippen molar-refractivity contribution in [3.8, 4) is 22.8 Å². The van der Waals surface area contributed by atoms with Crippen LogP contribution in [-0.4, -0.2) is 62.2 Å². The molecule has 1 N–H and O–H groups in total. The molecule has 1 saturated heterocycles. The van der Waals surface area contributed by atoms with E-state index in [1.54, 1.807) is 18.2 Å². The van der Waals surface area contributed by atoms with Crippen molar-refractivity contribution in [2.75, 3.05) is 12.9 Å². The van der Waals surface area contributed by atoms with Gasteiger partial charge in [-0.1, -0.05) is 36.0 Å². The zero-order valence-electron chi connectivity index (χ0n) is 22.1. The van der Waals surface area contributed by atoms with Crippen LogP contribution in [0, 0.1) is 0 Å². The zero-order chi connectivity index (χ0) is 29.1. The minimum absolute atomic E-state index is 0.0666. The number of methoxy groups -OCH3 is 1. The summed E-state index contributed by atoms with van der Waals surface area (Å²) >= 11 is 1.32. The van der Waals surface area contributed by atoms with Crippen LogP contribution in [0.5, 0.6) is 5.75 Å². The number of thioether (sulfide) groups is 1. The van der Waals surface area contributed by atoms with Crippen LogP contribution in [0.15, 0.2) is 88.3 Å². The van der Waals surface area contributed by atoms with Crippen molar-refractivity contribution in [1.82, 2.24) is 25.0 Å². The number of alkyl halides is 3. The van der Waals surface area contributed by atoms with E-state index in [2.05, 4.69) is 30.3 Å². The Morgan fingerprint density at radius 3 is 2.54 bits per heavy atom. The number of carbonyl (C=O) groups is 1. The Morgan fingerprint density at radius 2 is 1.88 bits per heavy atom. The fraction of sp³-hybridized carbons (Fsp3) is 0.222. The maximum atomic E-state index is 12.7. The van der Waals surface area contributed by atoms with Gasteiger partial charge in [-0.3, -0.25) is 9.69 Å². The van der Waals surface area contributed by atoms with E-state index < -0.39 is 6.36 Å². The summed E-state index contributed by atoms with van der Waals surface area (Å²) in [5.41, 5.74) is 3.74. The van der Waals surface area contributed by atoms with Gasteiger partial charge in [-0.2, -0.15) is 5.10 Å². The number of ether oxygens (including phenoxy) is 2. The predicted molar refractivity (Wildman–Crippen MR) is 148 cm³/mol. The van der Waals surface area contributed by atoms with Gasteiger partial charge in [0.1, 0.15) is 12.1 Å². The lowest BCUT2D eigenvalue weighted by Crippen LogP contribution is -2.42. The van der Waals surface area contributed by atoms with Crippen LogP contribution in [0.25, 0.3) is 17.1 Å². The van der Waals surface area contributed by atoms with Crippen LogP contribution in [-0.2, 0) is 9.53 Å². The Hall–Kier alpha value is -4.59. The Balaban J connectivity index is 1.27. The minimum atomic E-state index is -4.75. The quantitative estimate of drug-likeness (QED) is 0.313. The van der Waals surface area contributed by atoms with Gasteiger partial charge in [0.15, 0.2) is 16.9 Å². The van der Waals surface area contributed by atoms with E-state index in [1.807, 2.05) is 44.2 Å². The van der Waals surface area contributed by atoms with Crippen LogP contribution < -0.4 is 10.1 Å². The second-order valence-electron chi connectivity index (χ2n) is 8.97. The first-order chi connectivity index (χ1) is 19.6. The maximum absolute atomic E-state index is 12.7. The van der Waals surface area contributed by atoms with Crippen molar-refractivity contribution >= 4 is 29.1 Å². The van der Waals surface area contributed by atoms with Gasteiger partial charge in [-0.15, -0.1) is 23.4 Å². The number of aromatic nitrogens is 3. The van der Waals surface area contributed by atoms with Crippen molar-refractivity contribution in [1.29, 1.82) is 0 Å². The van der Waals surface area contributed by atoms with Gasteiger partial charge >= 0.3 is 6.36 Å². The molecule has 0 radical (unpaired) electrons. The SMILES string of the molecule is COC1=CC(C)=C(N2C(=O)CS/C2=N\N=C\c2ccc(-c3ncn(-c4ccc(OC(F)(F)F)cc4)n3)cc2)C(C)N1. The molecular weight excluding hydrogens is 559 g/mol. The number of halogens is 3. The molecule has 0 aliphatic carbocycles. The van der Waals surface area contributed by atoms with Crippen molar-refractivity contribution in [3.63, 3.8) is 0 Å². The van der Waals surface area contributed by atoms with Crippen LogP contribution in [0.4, 0.5) is 13.2 Å². The summed E-state index contributed by atoms with van der Waals surface area (Å²) < 4.78 is 47.8. The normalized spacial score (nSPS) is 18.7. The molecule has 0 bridgehead atoms. The van der Waals surface area contributed by atoms with Crippen molar-refractivity contribution in [3.05, 3.63) is 83.7 Å². The third kappa shape index (κ3) is 6.43. The molecule has 2 aromatic carbocycles. The lowest BCUT2D eigenvalue weighted by molar-refractivity contribution is -0.274. The van der Waals surface area contributed by atoms with Gasteiger partial charge in [0.2, 0.25) is 5.91 Å². The Morgan fingerprint density at radius 1 is 1.15 bits per heavy atom. The monoisotopic (exact) mass is 583 g/mol. The molecular formula is C27H24F3N7O3S. The predicted octanol–water partition coefficient (Wildman–Crippen LogP) is 4.85. The highest BCUT2D eigenvalue weighted by Crippen LogP contribution is 2.30. The number of rotatable bonds is 7. The van der Waals surface area contributed by atoms with Crippen LogP contribution in [0.2, 0.25) is 0 Å². The van der Waals surface area contributed by atoms with Gasteiger partial charge in [0.25, 0.3) is 0 Å². The molecule has 1 unspecified atom stereocenters. The van der Waals surface area contributed by atoms with Crippen LogP contribution >= 0.6 is 11.8 Å². The first-order valence-electron chi connectivity index (χ1n) is 12.3. The molecule has 1 fully saturated rings. The number of hydrogen-bond acceptors (Lipinski definition) is 9. The van der Waals surface area contributed by atoms with Crippen molar-refractivity contribution in [2.24, 2.45) is 10.2 Å². The molecule has 1 amide bonds. The first kappa shape index (κ1) is 28.0. The molecule has 3 heterocycles. The summed E-state index contributed by atoms with van der Waals surface area (Å²) in [6.45, 7) is 3.87. The second-order valence-corrected chi connectivity index (χ2v) is 9.91. The molecule has 0 spiro atoms. The standard InChI is InChI=1S/C27H24F3N7O3S/c1-16-12-22(39-3)33-17(2)24(16)37-23(38)14-41-26(37)34-32-13-18-4-6-19(7-5-18)25-31-15-36(35-25)20-8-10-21(11-9-20)40-27(28,29)30/h4-13,15,17,33H,14H2,1-3H3/b32-13+,34-26-. The number of nitrogens with zero attached hydrogens (tertiary/aromatic N) is 6. The van der Waals surface area contributed by atoms with Gasteiger partial charge in [0, 0.05) is 11.6 Å². The fourth-order valence-corrected chi connectivity index (χ4v) is 5.10. The molecule has 1 atom stereocenters. The Labute approximate surface area is 237 Å². The summed E-state index contributed by atoms with van der Waals surface area (Å²) in [5, 5.41) is 16.6. The molecule has 3 aromatic rings. The number of nitrogens with one attached hydrogen (secondary N) is 1. The smallest absolute Gasteiger partial charge is 0.482 e. The summed E-state index contributed by atoms with van der Waals surface area (Å²) in [6.07, 6.45) is 0.144. The summed E-state index contributed by atoms with van der Waals surface area (Å²) in [7, 11) is 1.58. The number of carbonyl (C=O) groups excluding carboxylic acids is 1. The largest absolute Gasteiger partial charge is 0.573 e. The van der Waals surface area contributed by atoms with E-state index >= 15 is 0 Å². The van der Waals surface area contributed by atoms with E-state index in [1.165, 1.54) is 47.0 Å². The fourth-order valence-electron chi connectivity index (χ4n) is 4.28. The highest BCUT2D eigenvalue weighted by Gasteiger charge is 2.36. The lowest BCUT2D eigenvalue weighted by atomic mass is 10.1. The number of amidine groups is 1. The number of allylic oxidation sites excluding steroid dienone is 2. The topological polar surface area (TPSA) is 106 Å².